The molecule has 98 valence electrons. The summed E-state index contributed by atoms with van der Waals surface area (Å²) in [6.07, 6.45) is 2.72. The number of nitrogens with zero attached hydrogens (tertiary/aromatic N) is 2. The number of aliphatic imine (C=N–C) groups is 1. The molecule has 0 N–H and O–H groups in total. The highest BCUT2D eigenvalue weighted by molar-refractivity contribution is 5.74. The van der Waals surface area contributed by atoms with Crippen LogP contribution in [0.15, 0.2) is 15.9 Å². The Balaban J connectivity index is 2.83. The van der Waals surface area contributed by atoms with E-state index in [1.807, 2.05) is 16.8 Å². The minimum Gasteiger partial charge on any atom is -0.287 e. The average molecular weight is 246 g/mol. The van der Waals surface area contributed by atoms with Gasteiger partial charge in [0.2, 0.25) is 0 Å². The first kappa shape index (κ1) is 13.1. The van der Waals surface area contributed by atoms with E-state index in [9.17, 15) is 4.79 Å². The fourth-order valence-corrected chi connectivity index (χ4v) is 2.34. The van der Waals surface area contributed by atoms with Crippen LogP contribution >= 0.6 is 0 Å². The molecule has 3 nitrogen and oxygen atoms in total. The van der Waals surface area contributed by atoms with Crippen molar-refractivity contribution in [2.45, 2.75) is 58.9 Å². The van der Waals surface area contributed by atoms with E-state index in [1.165, 1.54) is 0 Å². The van der Waals surface area contributed by atoms with Crippen molar-refractivity contribution in [2.24, 2.45) is 4.99 Å². The van der Waals surface area contributed by atoms with Gasteiger partial charge < -0.3 is 0 Å². The summed E-state index contributed by atoms with van der Waals surface area (Å²) in [5, 5.41) is 0. The summed E-state index contributed by atoms with van der Waals surface area (Å²) >= 11 is 0. The Morgan fingerprint density at radius 3 is 2.28 bits per heavy atom. The fraction of sp³-hybridized carbons (Fsp3) is 0.600. The summed E-state index contributed by atoms with van der Waals surface area (Å²) in [7, 11) is 0. The quantitative estimate of drug-likeness (QED) is 0.692. The van der Waals surface area contributed by atoms with Crippen molar-refractivity contribution in [2.75, 3.05) is 0 Å². The Hall–Kier alpha value is -1.38. The lowest BCUT2D eigenvalue weighted by Gasteiger charge is -2.28. The molecular weight excluding hydrogens is 224 g/mol. The Morgan fingerprint density at radius 2 is 1.78 bits per heavy atom. The van der Waals surface area contributed by atoms with Crippen molar-refractivity contribution in [1.29, 1.82) is 0 Å². The molecule has 0 bridgehead atoms. The molecule has 0 unspecified atom stereocenters. The van der Waals surface area contributed by atoms with Gasteiger partial charge in [0.25, 0.3) is 5.56 Å². The lowest BCUT2D eigenvalue weighted by Crippen LogP contribution is -2.38. The fourth-order valence-electron chi connectivity index (χ4n) is 2.34. The number of fused-ring (bicyclic) bond motifs is 1. The van der Waals surface area contributed by atoms with Crippen molar-refractivity contribution in [3.8, 4) is 0 Å². The molecule has 2 heterocycles. The SMILES string of the molecule is CC(C)(C)c1cc2c(n(C(C)(C)C)c1=O)N=CC2. The summed E-state index contributed by atoms with van der Waals surface area (Å²) in [4.78, 5) is 17.1. The molecule has 3 heteroatoms. The van der Waals surface area contributed by atoms with E-state index in [0.29, 0.717) is 0 Å². The van der Waals surface area contributed by atoms with Crippen LogP contribution in [0, 0.1) is 0 Å². The highest BCUT2D eigenvalue weighted by Gasteiger charge is 2.28. The summed E-state index contributed by atoms with van der Waals surface area (Å²) in [5.41, 5.74) is 1.75. The molecule has 0 aliphatic carbocycles. The van der Waals surface area contributed by atoms with Crippen LogP contribution in [0.5, 0.6) is 0 Å². The van der Waals surface area contributed by atoms with Gasteiger partial charge in [-0.15, -0.1) is 0 Å². The second-order valence-electron chi connectivity index (χ2n) is 6.98. The maximum absolute atomic E-state index is 12.7. The first-order chi connectivity index (χ1) is 8.12. The highest BCUT2D eigenvalue weighted by Crippen LogP contribution is 2.31. The van der Waals surface area contributed by atoms with Crippen LogP contribution in [0.25, 0.3) is 0 Å². The molecule has 0 aromatic carbocycles. The van der Waals surface area contributed by atoms with Gasteiger partial charge in [0, 0.05) is 29.3 Å². The Morgan fingerprint density at radius 1 is 1.17 bits per heavy atom. The van der Waals surface area contributed by atoms with Crippen LogP contribution in [-0.4, -0.2) is 10.8 Å². The van der Waals surface area contributed by atoms with Gasteiger partial charge in [-0.05, 0) is 32.3 Å². The molecule has 1 aromatic heterocycles. The number of rotatable bonds is 0. The van der Waals surface area contributed by atoms with Gasteiger partial charge in [-0.2, -0.15) is 0 Å². The van der Waals surface area contributed by atoms with E-state index >= 15 is 0 Å². The molecule has 0 fully saturated rings. The molecule has 0 saturated carbocycles. The van der Waals surface area contributed by atoms with Gasteiger partial charge >= 0.3 is 0 Å². The monoisotopic (exact) mass is 246 g/mol. The highest BCUT2D eigenvalue weighted by atomic mass is 16.1. The number of aromatic nitrogens is 1. The van der Waals surface area contributed by atoms with Gasteiger partial charge in [0.1, 0.15) is 5.82 Å². The molecule has 2 rings (SSSR count). The van der Waals surface area contributed by atoms with Crippen LogP contribution in [0.3, 0.4) is 0 Å². The molecule has 0 radical (unpaired) electrons. The second kappa shape index (κ2) is 3.81. The van der Waals surface area contributed by atoms with E-state index in [2.05, 4.69) is 46.5 Å². The largest absolute Gasteiger partial charge is 0.287 e. The van der Waals surface area contributed by atoms with Gasteiger partial charge in [0.05, 0.1) is 0 Å². The van der Waals surface area contributed by atoms with Crippen LogP contribution in [0.1, 0.15) is 52.7 Å². The molecule has 1 aliphatic heterocycles. The van der Waals surface area contributed by atoms with Gasteiger partial charge in [0.15, 0.2) is 0 Å². The van der Waals surface area contributed by atoms with Crippen LogP contribution in [-0.2, 0) is 17.4 Å². The zero-order valence-corrected chi connectivity index (χ0v) is 12.2. The normalized spacial score (nSPS) is 15.0. The van der Waals surface area contributed by atoms with Gasteiger partial charge in [-0.3, -0.25) is 9.36 Å². The zero-order chi connectivity index (χ0) is 13.7. The maximum Gasteiger partial charge on any atom is 0.256 e. The van der Waals surface area contributed by atoms with E-state index in [4.69, 9.17) is 0 Å². The summed E-state index contributed by atoms with van der Waals surface area (Å²) in [6, 6.07) is 2.03. The second-order valence-corrected chi connectivity index (χ2v) is 6.98. The molecule has 0 atom stereocenters. The van der Waals surface area contributed by atoms with E-state index in [1.54, 1.807) is 0 Å². The predicted octanol–water partition coefficient (Wildman–Crippen LogP) is 3.16. The minimum atomic E-state index is -0.246. The van der Waals surface area contributed by atoms with Crippen molar-refractivity contribution >= 4 is 12.0 Å². The lowest BCUT2D eigenvalue weighted by molar-refractivity contribution is 0.381. The minimum absolute atomic E-state index is 0.0906. The zero-order valence-electron chi connectivity index (χ0n) is 12.2. The van der Waals surface area contributed by atoms with E-state index < -0.39 is 0 Å². The van der Waals surface area contributed by atoms with Crippen LogP contribution in [0.4, 0.5) is 5.82 Å². The molecule has 0 spiro atoms. The van der Waals surface area contributed by atoms with Crippen molar-refractivity contribution in [1.82, 2.24) is 4.57 Å². The van der Waals surface area contributed by atoms with Crippen molar-refractivity contribution in [3.63, 3.8) is 0 Å². The number of hydrogen-bond donors (Lipinski definition) is 0. The Bertz CT molecular complexity index is 566. The van der Waals surface area contributed by atoms with E-state index in [-0.39, 0.29) is 16.5 Å². The summed E-state index contributed by atoms with van der Waals surface area (Å²) < 4.78 is 1.84. The van der Waals surface area contributed by atoms with Crippen molar-refractivity contribution < 1.29 is 0 Å². The smallest absolute Gasteiger partial charge is 0.256 e. The maximum atomic E-state index is 12.7. The molecule has 18 heavy (non-hydrogen) atoms. The third-order valence-corrected chi connectivity index (χ3v) is 3.25. The first-order valence-corrected chi connectivity index (χ1v) is 6.45. The lowest BCUT2D eigenvalue weighted by atomic mass is 9.86. The number of hydrogen-bond acceptors (Lipinski definition) is 2. The third kappa shape index (κ3) is 2.02. The topological polar surface area (TPSA) is 34.4 Å². The van der Waals surface area contributed by atoms with E-state index in [0.717, 1.165) is 23.4 Å². The predicted molar refractivity (Wildman–Crippen MR) is 76.3 cm³/mol. The van der Waals surface area contributed by atoms with Gasteiger partial charge in [-0.1, -0.05) is 20.8 Å². The Kier molecular flexibility index (Phi) is 2.76. The number of pyridine rings is 1. The standard InChI is InChI=1S/C15H22N2O/c1-14(2,3)11-9-10-7-8-16-12(10)17(13(11)18)15(4,5)6/h8-9H,7H2,1-6H3. The molecule has 0 amide bonds. The summed E-state index contributed by atoms with van der Waals surface area (Å²) in [6.45, 7) is 12.4. The van der Waals surface area contributed by atoms with Gasteiger partial charge in [-0.25, -0.2) is 4.99 Å². The molecule has 1 aromatic rings. The van der Waals surface area contributed by atoms with Crippen LogP contribution < -0.4 is 5.56 Å². The molecule has 0 saturated heterocycles. The average Bonchev–Trinajstić information content (AvgIpc) is 2.59. The first-order valence-electron chi connectivity index (χ1n) is 6.45. The van der Waals surface area contributed by atoms with Crippen LogP contribution in [0.2, 0.25) is 0 Å². The Labute approximate surface area is 109 Å². The third-order valence-electron chi connectivity index (χ3n) is 3.25. The summed E-state index contributed by atoms with van der Waals surface area (Å²) in [5.74, 6) is 0.834. The molecular formula is C15H22N2O. The molecule has 1 aliphatic rings. The van der Waals surface area contributed by atoms with Crippen molar-refractivity contribution in [3.05, 3.63) is 27.5 Å².